The highest BCUT2D eigenvalue weighted by molar-refractivity contribution is 5.83. The summed E-state index contributed by atoms with van der Waals surface area (Å²) >= 11 is 0. The molecular formula is C11H12O3. The zero-order valence-electron chi connectivity index (χ0n) is 8.24. The summed E-state index contributed by atoms with van der Waals surface area (Å²) in [5.74, 6) is 1.29. The average molecular weight is 192 g/mol. The summed E-state index contributed by atoms with van der Waals surface area (Å²) in [5, 5.41) is 0. The summed E-state index contributed by atoms with van der Waals surface area (Å²) in [6, 6.07) is 5.63. The van der Waals surface area contributed by atoms with E-state index in [0.717, 1.165) is 5.56 Å². The monoisotopic (exact) mass is 192 g/mol. The van der Waals surface area contributed by atoms with Crippen LogP contribution in [0, 0.1) is 6.92 Å². The predicted octanol–water partition coefficient (Wildman–Crippen LogP) is 2.07. The smallest absolute Gasteiger partial charge is 0.300 e. The highest BCUT2D eigenvalue weighted by Crippen LogP contribution is 2.35. The first kappa shape index (κ1) is 9.06. The van der Waals surface area contributed by atoms with Crippen molar-refractivity contribution in [1.29, 1.82) is 0 Å². The Hall–Kier alpha value is -1.51. The fourth-order valence-corrected chi connectivity index (χ4v) is 1.36. The van der Waals surface area contributed by atoms with Crippen molar-refractivity contribution in [2.24, 2.45) is 0 Å². The number of ketones is 1. The van der Waals surface area contributed by atoms with Crippen LogP contribution in [-0.2, 0) is 4.79 Å². The SMILES string of the molecule is CCC(=O)C1Oc2ccc(C)cc2O1. The molecule has 1 atom stereocenters. The molecule has 0 saturated heterocycles. The van der Waals surface area contributed by atoms with E-state index in [2.05, 4.69) is 0 Å². The van der Waals surface area contributed by atoms with E-state index >= 15 is 0 Å². The predicted molar refractivity (Wildman–Crippen MR) is 51.5 cm³/mol. The summed E-state index contributed by atoms with van der Waals surface area (Å²) in [7, 11) is 0. The molecule has 0 amide bonds. The molecule has 0 saturated carbocycles. The number of rotatable bonds is 2. The molecule has 0 N–H and O–H groups in total. The minimum Gasteiger partial charge on any atom is -0.444 e. The maximum atomic E-state index is 11.3. The van der Waals surface area contributed by atoms with Crippen LogP contribution >= 0.6 is 0 Å². The molecule has 1 aliphatic rings. The van der Waals surface area contributed by atoms with Gasteiger partial charge in [-0.3, -0.25) is 4.79 Å². The Balaban J connectivity index is 2.22. The highest BCUT2D eigenvalue weighted by Gasteiger charge is 2.29. The van der Waals surface area contributed by atoms with Crippen molar-refractivity contribution in [1.82, 2.24) is 0 Å². The molecule has 2 rings (SSSR count). The lowest BCUT2D eigenvalue weighted by Gasteiger charge is -2.06. The number of benzene rings is 1. The first-order valence-electron chi connectivity index (χ1n) is 4.67. The zero-order valence-corrected chi connectivity index (χ0v) is 8.24. The molecule has 1 aromatic carbocycles. The number of fused-ring (bicyclic) bond motifs is 1. The van der Waals surface area contributed by atoms with Crippen LogP contribution in [0.15, 0.2) is 18.2 Å². The van der Waals surface area contributed by atoms with Crippen LogP contribution in [0.1, 0.15) is 18.9 Å². The molecule has 0 spiro atoms. The highest BCUT2D eigenvalue weighted by atomic mass is 16.7. The van der Waals surface area contributed by atoms with Crippen LogP contribution < -0.4 is 9.47 Å². The maximum absolute atomic E-state index is 11.3. The molecule has 0 fully saturated rings. The molecule has 1 unspecified atom stereocenters. The molecule has 1 heterocycles. The number of carbonyl (C=O) groups excluding carboxylic acids is 1. The third-order valence-electron chi connectivity index (χ3n) is 2.18. The lowest BCUT2D eigenvalue weighted by atomic mass is 10.2. The standard InChI is InChI=1S/C11H12O3/c1-3-8(12)11-13-9-5-4-7(2)6-10(9)14-11/h4-6,11H,3H2,1-2H3. The molecule has 0 aliphatic carbocycles. The van der Waals surface area contributed by atoms with Crippen molar-refractivity contribution in [3.8, 4) is 11.5 Å². The van der Waals surface area contributed by atoms with Crippen LogP contribution in [0.5, 0.6) is 11.5 Å². The molecule has 0 radical (unpaired) electrons. The van der Waals surface area contributed by atoms with E-state index in [1.165, 1.54) is 0 Å². The molecular weight excluding hydrogens is 180 g/mol. The topological polar surface area (TPSA) is 35.5 Å². The minimum absolute atomic E-state index is 0.0288. The summed E-state index contributed by atoms with van der Waals surface area (Å²) in [4.78, 5) is 11.3. The Morgan fingerprint density at radius 1 is 1.36 bits per heavy atom. The molecule has 3 nitrogen and oxygen atoms in total. The van der Waals surface area contributed by atoms with Gasteiger partial charge in [0.25, 0.3) is 0 Å². The number of aryl methyl sites for hydroxylation is 1. The number of hydrogen-bond donors (Lipinski definition) is 0. The maximum Gasteiger partial charge on any atom is 0.300 e. The second kappa shape index (κ2) is 3.33. The van der Waals surface area contributed by atoms with E-state index in [9.17, 15) is 4.79 Å². The van der Waals surface area contributed by atoms with E-state index in [0.29, 0.717) is 17.9 Å². The summed E-state index contributed by atoms with van der Waals surface area (Å²) in [5.41, 5.74) is 1.09. The van der Waals surface area contributed by atoms with Crippen molar-refractivity contribution in [2.75, 3.05) is 0 Å². The third kappa shape index (κ3) is 1.45. The Bertz CT molecular complexity index is 371. The first-order chi connectivity index (χ1) is 6.70. The Morgan fingerprint density at radius 3 is 2.79 bits per heavy atom. The number of carbonyl (C=O) groups is 1. The van der Waals surface area contributed by atoms with E-state index in [1.54, 1.807) is 6.92 Å². The van der Waals surface area contributed by atoms with E-state index < -0.39 is 6.29 Å². The largest absolute Gasteiger partial charge is 0.444 e. The second-order valence-electron chi connectivity index (χ2n) is 3.34. The van der Waals surface area contributed by atoms with Crippen LogP contribution in [0.4, 0.5) is 0 Å². The van der Waals surface area contributed by atoms with Gasteiger partial charge in [0.1, 0.15) is 0 Å². The van der Waals surface area contributed by atoms with Gasteiger partial charge in [0.15, 0.2) is 11.5 Å². The Labute approximate surface area is 82.6 Å². The number of ether oxygens (including phenoxy) is 2. The van der Waals surface area contributed by atoms with Crippen molar-refractivity contribution >= 4 is 5.78 Å². The van der Waals surface area contributed by atoms with Gasteiger partial charge < -0.3 is 9.47 Å². The molecule has 1 aliphatic heterocycles. The summed E-state index contributed by atoms with van der Waals surface area (Å²) in [6.07, 6.45) is -0.311. The average Bonchev–Trinajstić information content (AvgIpc) is 2.59. The van der Waals surface area contributed by atoms with Gasteiger partial charge in [0, 0.05) is 6.42 Å². The zero-order chi connectivity index (χ0) is 10.1. The molecule has 74 valence electrons. The Morgan fingerprint density at radius 2 is 2.07 bits per heavy atom. The molecule has 1 aromatic rings. The second-order valence-corrected chi connectivity index (χ2v) is 3.34. The minimum atomic E-state index is -0.739. The van der Waals surface area contributed by atoms with Crippen molar-refractivity contribution < 1.29 is 14.3 Å². The summed E-state index contributed by atoms with van der Waals surface area (Å²) in [6.45, 7) is 3.77. The molecule has 14 heavy (non-hydrogen) atoms. The lowest BCUT2D eigenvalue weighted by Crippen LogP contribution is -2.28. The van der Waals surface area contributed by atoms with Crippen molar-refractivity contribution in [2.45, 2.75) is 26.6 Å². The van der Waals surface area contributed by atoms with Gasteiger partial charge in [-0.05, 0) is 24.6 Å². The van der Waals surface area contributed by atoms with E-state index in [4.69, 9.17) is 9.47 Å². The number of Topliss-reactive ketones (excluding diaryl/α,β-unsaturated/α-hetero) is 1. The van der Waals surface area contributed by atoms with Gasteiger partial charge in [-0.15, -0.1) is 0 Å². The number of hydrogen-bond acceptors (Lipinski definition) is 3. The third-order valence-corrected chi connectivity index (χ3v) is 2.18. The fourth-order valence-electron chi connectivity index (χ4n) is 1.36. The van der Waals surface area contributed by atoms with Gasteiger partial charge in [-0.1, -0.05) is 13.0 Å². The van der Waals surface area contributed by atoms with Gasteiger partial charge >= 0.3 is 6.29 Å². The van der Waals surface area contributed by atoms with E-state index in [-0.39, 0.29) is 5.78 Å². The van der Waals surface area contributed by atoms with Crippen LogP contribution in [0.3, 0.4) is 0 Å². The molecule has 3 heteroatoms. The quantitative estimate of drug-likeness (QED) is 0.719. The van der Waals surface area contributed by atoms with Crippen LogP contribution in [0.2, 0.25) is 0 Å². The van der Waals surface area contributed by atoms with Crippen molar-refractivity contribution in [3.63, 3.8) is 0 Å². The van der Waals surface area contributed by atoms with Gasteiger partial charge in [0.2, 0.25) is 5.78 Å². The fraction of sp³-hybridized carbons (Fsp3) is 0.364. The van der Waals surface area contributed by atoms with Crippen LogP contribution in [-0.4, -0.2) is 12.1 Å². The van der Waals surface area contributed by atoms with Crippen molar-refractivity contribution in [3.05, 3.63) is 23.8 Å². The van der Waals surface area contributed by atoms with Gasteiger partial charge in [-0.25, -0.2) is 0 Å². The van der Waals surface area contributed by atoms with Crippen LogP contribution in [0.25, 0.3) is 0 Å². The Kier molecular flexibility index (Phi) is 2.15. The van der Waals surface area contributed by atoms with E-state index in [1.807, 2.05) is 25.1 Å². The normalized spacial score (nSPS) is 18.3. The lowest BCUT2D eigenvalue weighted by molar-refractivity contribution is -0.134. The molecule has 0 aromatic heterocycles. The summed E-state index contributed by atoms with van der Waals surface area (Å²) < 4.78 is 10.7. The van der Waals surface area contributed by atoms with Gasteiger partial charge in [-0.2, -0.15) is 0 Å². The molecule has 0 bridgehead atoms. The first-order valence-corrected chi connectivity index (χ1v) is 4.67. The van der Waals surface area contributed by atoms with Gasteiger partial charge in [0.05, 0.1) is 0 Å².